The quantitative estimate of drug-likeness (QED) is 0.160. The maximum atomic E-state index is 2.71. The monoisotopic (exact) mass is 815 g/mol. The highest BCUT2D eigenvalue weighted by atomic mass is 15.2. The van der Waals surface area contributed by atoms with E-state index in [0.29, 0.717) is 0 Å². The summed E-state index contributed by atoms with van der Waals surface area (Å²) in [4.78, 5) is 7.72. The van der Waals surface area contributed by atoms with Crippen molar-refractivity contribution in [1.82, 2.24) is 0 Å². The maximum absolute atomic E-state index is 2.71. The fraction of sp³-hybridized carbons (Fsp3) is 0.186. The Morgan fingerprint density at radius 3 is 1.83 bits per heavy atom. The minimum atomic E-state index is -0.189. The van der Waals surface area contributed by atoms with Gasteiger partial charge in [-0.2, -0.15) is 0 Å². The second kappa shape index (κ2) is 14.1. The Kier molecular flexibility index (Phi) is 8.77. The van der Waals surface area contributed by atoms with Crippen molar-refractivity contribution in [2.45, 2.75) is 73.1 Å². The lowest BCUT2D eigenvalue weighted by atomic mass is 9.42. The number of hydrogen-bond donors (Lipinski definition) is 0. The van der Waals surface area contributed by atoms with E-state index in [1.165, 1.54) is 101 Å². The predicted octanol–water partition coefficient (Wildman–Crippen LogP) is 14.7. The summed E-state index contributed by atoms with van der Waals surface area (Å²) >= 11 is 0. The van der Waals surface area contributed by atoms with Gasteiger partial charge in [-0.25, -0.2) is 0 Å². The molecule has 3 heterocycles. The summed E-state index contributed by atoms with van der Waals surface area (Å²) < 4.78 is 0. The largest absolute Gasteiger partial charge is 0.376 e. The van der Waals surface area contributed by atoms with Gasteiger partial charge in [0.1, 0.15) is 0 Å². The number of anilines is 8. The van der Waals surface area contributed by atoms with Crippen LogP contribution in [0.2, 0.25) is 0 Å². The average Bonchev–Trinajstić information content (AvgIpc) is 3.26. The van der Waals surface area contributed by atoms with Gasteiger partial charge in [-0.05, 0) is 155 Å². The highest BCUT2D eigenvalue weighted by Crippen LogP contribution is 2.57. The van der Waals surface area contributed by atoms with Crippen molar-refractivity contribution in [3.63, 3.8) is 0 Å². The van der Waals surface area contributed by atoms with E-state index in [2.05, 4.69) is 241 Å². The first kappa shape index (κ1) is 39.1. The molecule has 8 aromatic rings. The van der Waals surface area contributed by atoms with Crippen molar-refractivity contribution < 1.29 is 0 Å². The molecule has 3 nitrogen and oxygen atoms in total. The zero-order valence-corrected chi connectivity index (χ0v) is 38.0. The van der Waals surface area contributed by atoms with E-state index in [1.807, 2.05) is 0 Å². The lowest BCUT2D eigenvalue weighted by Crippen LogP contribution is -2.63. The van der Waals surface area contributed by atoms with Crippen molar-refractivity contribution in [3.8, 4) is 22.3 Å². The molecule has 3 aliphatic heterocycles. The molecule has 0 aliphatic carbocycles. The van der Waals surface area contributed by atoms with Gasteiger partial charge in [-0.15, -0.1) is 0 Å². The van der Waals surface area contributed by atoms with Crippen molar-refractivity contribution >= 4 is 63.3 Å². The van der Waals surface area contributed by atoms with Gasteiger partial charge >= 0.3 is 6.85 Å². The maximum Gasteiger partial charge on any atom is 0.333 e. The molecule has 3 aliphatic rings. The summed E-state index contributed by atoms with van der Waals surface area (Å²) in [7, 11) is 0. The highest BCUT2D eigenvalue weighted by Gasteiger charge is 2.50. The van der Waals surface area contributed by atoms with Gasteiger partial charge in [0.05, 0.1) is 0 Å². The molecule has 0 aromatic heterocycles. The molecule has 0 radical (unpaired) electrons. The molecule has 0 amide bonds. The fourth-order valence-corrected chi connectivity index (χ4v) is 11.3. The van der Waals surface area contributed by atoms with Crippen LogP contribution in [0.1, 0.15) is 73.6 Å². The minimum absolute atomic E-state index is 0.0175. The van der Waals surface area contributed by atoms with Crippen LogP contribution in [0, 0.1) is 27.7 Å². The van der Waals surface area contributed by atoms with E-state index >= 15 is 0 Å². The zero-order chi connectivity index (χ0) is 43.5. The SMILES string of the molecule is Cc1cc(C)c(-c2cc3c4c(c2)N(c2ccc(C(C)(C)C)cc2C)c2cc(N(c5ccccc5)c5ccccc5)ccc2B4N2c4ccccc4C(C)(C)c4cccc-3c42)c(C)c1. The van der Waals surface area contributed by atoms with E-state index in [1.54, 1.807) is 0 Å². The number of rotatable bonds is 5. The second-order valence-electron chi connectivity index (χ2n) is 19.7. The molecule has 0 unspecified atom stereocenters. The second-order valence-corrected chi connectivity index (χ2v) is 19.7. The van der Waals surface area contributed by atoms with Gasteiger partial charge in [-0.1, -0.05) is 143 Å². The van der Waals surface area contributed by atoms with Crippen molar-refractivity contribution in [2.75, 3.05) is 14.6 Å². The molecular formula is C59H54BN3. The van der Waals surface area contributed by atoms with Gasteiger partial charge in [0.25, 0.3) is 0 Å². The van der Waals surface area contributed by atoms with Crippen LogP contribution in [0.3, 0.4) is 0 Å². The first-order valence-electron chi connectivity index (χ1n) is 22.6. The predicted molar refractivity (Wildman–Crippen MR) is 270 cm³/mol. The number of nitrogens with zero attached hydrogens (tertiary/aromatic N) is 3. The van der Waals surface area contributed by atoms with Crippen LogP contribution in [0.15, 0.2) is 164 Å². The molecule has 308 valence electrons. The standard InChI is InChI=1S/C59H54BN3/c1-37-31-39(3)55(40(4)32-37)41-34-47-46-23-18-25-49-57(46)63(52-26-17-16-24-48(52)59(49,8)9)60-50-29-28-45(61(43-19-12-10-13-20-43)44-21-14-11-15-22-44)36-53(50)62(54(35-41)56(47)60)51-30-27-42(33-38(51)2)58(5,6)7/h10-36H,1-9H3. The van der Waals surface area contributed by atoms with Crippen LogP contribution < -0.4 is 25.5 Å². The molecule has 0 saturated heterocycles. The average molecular weight is 816 g/mol. The zero-order valence-electron chi connectivity index (χ0n) is 38.0. The number of para-hydroxylation sites is 4. The van der Waals surface area contributed by atoms with Gasteiger partial charge in [0, 0.05) is 56.5 Å². The summed E-state index contributed by atoms with van der Waals surface area (Å²) in [6.45, 7) is 20.7. The normalized spacial score (nSPS) is 14.1. The summed E-state index contributed by atoms with van der Waals surface area (Å²) in [6.07, 6.45) is 0. The fourth-order valence-electron chi connectivity index (χ4n) is 11.3. The summed E-state index contributed by atoms with van der Waals surface area (Å²) in [5.41, 5.74) is 26.4. The minimum Gasteiger partial charge on any atom is -0.376 e. The Hall–Kier alpha value is -6.78. The first-order chi connectivity index (χ1) is 30.3. The molecule has 0 spiro atoms. The third kappa shape index (κ3) is 5.94. The Labute approximate surface area is 374 Å². The number of benzene rings is 8. The Morgan fingerprint density at radius 2 is 1.16 bits per heavy atom. The highest BCUT2D eigenvalue weighted by molar-refractivity contribution is 6.93. The topological polar surface area (TPSA) is 9.72 Å². The van der Waals surface area contributed by atoms with Gasteiger partial charge in [-0.3, -0.25) is 0 Å². The third-order valence-corrected chi connectivity index (χ3v) is 14.1. The van der Waals surface area contributed by atoms with E-state index in [4.69, 9.17) is 0 Å². The lowest BCUT2D eigenvalue weighted by molar-refractivity contribution is 0.590. The lowest BCUT2D eigenvalue weighted by Gasteiger charge is -2.51. The Balaban J connectivity index is 1.28. The summed E-state index contributed by atoms with van der Waals surface area (Å²) in [5.74, 6) is 0. The van der Waals surface area contributed by atoms with E-state index in [9.17, 15) is 0 Å². The van der Waals surface area contributed by atoms with Crippen LogP contribution >= 0.6 is 0 Å². The van der Waals surface area contributed by atoms with E-state index in [0.717, 1.165) is 17.1 Å². The molecular weight excluding hydrogens is 761 g/mol. The van der Waals surface area contributed by atoms with Crippen LogP contribution in [0.25, 0.3) is 22.3 Å². The van der Waals surface area contributed by atoms with Crippen molar-refractivity contribution in [3.05, 3.63) is 203 Å². The van der Waals surface area contributed by atoms with Crippen LogP contribution in [0.4, 0.5) is 45.5 Å². The Morgan fingerprint density at radius 1 is 0.508 bits per heavy atom. The summed E-state index contributed by atoms with van der Waals surface area (Å²) in [5, 5.41) is 0. The number of aryl methyl sites for hydroxylation is 4. The van der Waals surface area contributed by atoms with Crippen molar-refractivity contribution in [2.24, 2.45) is 0 Å². The first-order valence-corrected chi connectivity index (χ1v) is 22.6. The molecule has 0 bridgehead atoms. The molecule has 0 fully saturated rings. The number of hydrogen-bond acceptors (Lipinski definition) is 3. The molecule has 8 aromatic carbocycles. The molecule has 0 saturated carbocycles. The molecule has 0 N–H and O–H groups in total. The van der Waals surface area contributed by atoms with Crippen LogP contribution in [-0.2, 0) is 10.8 Å². The summed E-state index contributed by atoms with van der Waals surface area (Å²) in [6, 6.07) is 61.9. The third-order valence-electron chi connectivity index (χ3n) is 14.1. The van der Waals surface area contributed by atoms with Gasteiger partial charge in [0.15, 0.2) is 0 Å². The van der Waals surface area contributed by atoms with Crippen molar-refractivity contribution in [1.29, 1.82) is 0 Å². The van der Waals surface area contributed by atoms with Crippen LogP contribution in [-0.4, -0.2) is 6.85 Å². The molecule has 4 heteroatoms. The molecule has 63 heavy (non-hydrogen) atoms. The smallest absolute Gasteiger partial charge is 0.333 e. The Bertz CT molecular complexity index is 3080. The van der Waals surface area contributed by atoms with E-state index < -0.39 is 0 Å². The molecule has 11 rings (SSSR count). The van der Waals surface area contributed by atoms with Gasteiger partial charge in [0.2, 0.25) is 0 Å². The van der Waals surface area contributed by atoms with Gasteiger partial charge < -0.3 is 14.6 Å². The van der Waals surface area contributed by atoms with E-state index in [-0.39, 0.29) is 17.7 Å². The van der Waals surface area contributed by atoms with Crippen LogP contribution in [0.5, 0.6) is 0 Å². The number of fused-ring (bicyclic) bond motifs is 6. The molecule has 0 atom stereocenters.